The van der Waals surface area contributed by atoms with Gasteiger partial charge in [0, 0.05) is 30.7 Å². The fourth-order valence-electron chi connectivity index (χ4n) is 4.43. The Morgan fingerprint density at radius 3 is 3.04 bits per heavy atom. The largest absolute Gasteiger partial charge is 0.448 e. The number of carbonyl (C=O) groups is 1. The summed E-state index contributed by atoms with van der Waals surface area (Å²) in [6.45, 7) is 7.21. The van der Waals surface area contributed by atoms with Gasteiger partial charge in [-0.1, -0.05) is 13.0 Å². The number of rotatable bonds is 6. The Morgan fingerprint density at radius 1 is 1.43 bits per heavy atom. The molecule has 3 aliphatic rings. The summed E-state index contributed by atoms with van der Waals surface area (Å²) in [6.07, 6.45) is 2.86. The fourth-order valence-corrected chi connectivity index (χ4v) is 5.11. The first-order valence-electron chi connectivity index (χ1n) is 10.2. The average molecular weight is 401 g/mol. The molecule has 0 aliphatic carbocycles. The van der Waals surface area contributed by atoms with Crippen molar-refractivity contribution >= 4 is 17.4 Å². The Labute approximate surface area is 170 Å². The molecule has 0 aromatic carbocycles. The van der Waals surface area contributed by atoms with Gasteiger partial charge in [0.15, 0.2) is 0 Å². The molecule has 3 saturated heterocycles. The zero-order valence-electron chi connectivity index (χ0n) is 16.6. The lowest BCUT2D eigenvalue weighted by Crippen LogP contribution is -2.54. The number of piperidine rings is 3. The summed E-state index contributed by atoms with van der Waals surface area (Å²) in [6, 6.07) is 6.67. The third kappa shape index (κ3) is 4.20. The van der Waals surface area contributed by atoms with Crippen molar-refractivity contribution in [2.45, 2.75) is 45.1 Å². The minimum atomic E-state index is -0.298. The second-order valence-electron chi connectivity index (χ2n) is 7.77. The number of aryl methyl sites for hydroxylation is 1. The molecule has 0 spiro atoms. The van der Waals surface area contributed by atoms with Gasteiger partial charge in [-0.15, -0.1) is 11.3 Å². The molecule has 3 aliphatic heterocycles. The van der Waals surface area contributed by atoms with Crippen molar-refractivity contribution in [1.82, 2.24) is 20.2 Å². The summed E-state index contributed by atoms with van der Waals surface area (Å²) >= 11 is 1.72. The van der Waals surface area contributed by atoms with Gasteiger partial charge in [-0.3, -0.25) is 4.90 Å². The highest BCUT2D eigenvalue weighted by Gasteiger charge is 2.41. The van der Waals surface area contributed by atoms with Crippen molar-refractivity contribution < 1.29 is 9.53 Å². The van der Waals surface area contributed by atoms with Gasteiger partial charge in [-0.05, 0) is 56.2 Å². The van der Waals surface area contributed by atoms with E-state index in [0.29, 0.717) is 31.0 Å². The molecule has 0 saturated carbocycles. The first-order chi connectivity index (χ1) is 13.6. The summed E-state index contributed by atoms with van der Waals surface area (Å²) in [5.41, 5.74) is 2.19. The van der Waals surface area contributed by atoms with E-state index < -0.39 is 0 Å². The number of fused-ring (bicyclic) bond motifs is 3. The molecule has 28 heavy (non-hydrogen) atoms. The second kappa shape index (κ2) is 8.57. The minimum Gasteiger partial charge on any atom is -0.448 e. The summed E-state index contributed by atoms with van der Waals surface area (Å²) in [5.74, 6) is 1.85. The van der Waals surface area contributed by atoms with Crippen LogP contribution in [0.2, 0.25) is 0 Å². The lowest BCUT2D eigenvalue weighted by molar-refractivity contribution is -0.00346. The molecule has 5 rings (SSSR count). The molecule has 0 radical (unpaired) electrons. The molecule has 3 fully saturated rings. The first kappa shape index (κ1) is 19.3. The lowest BCUT2D eigenvalue weighted by Gasteiger charge is -2.49. The topological polar surface area (TPSA) is 67.3 Å². The number of nitrogens with zero attached hydrogens (tertiary/aromatic N) is 3. The van der Waals surface area contributed by atoms with E-state index >= 15 is 0 Å². The van der Waals surface area contributed by atoms with Crippen LogP contribution in [0, 0.1) is 12.8 Å². The third-order valence-corrected chi connectivity index (χ3v) is 6.71. The van der Waals surface area contributed by atoms with Crippen LogP contribution in [0.4, 0.5) is 4.79 Å². The van der Waals surface area contributed by atoms with Crippen LogP contribution >= 0.6 is 11.3 Å². The number of alkyl carbamates (subject to hydrolysis) is 1. The van der Waals surface area contributed by atoms with Gasteiger partial charge in [0.2, 0.25) is 0 Å². The van der Waals surface area contributed by atoms with Crippen molar-refractivity contribution in [2.75, 3.05) is 26.2 Å². The van der Waals surface area contributed by atoms with Crippen LogP contribution in [0.15, 0.2) is 23.6 Å². The van der Waals surface area contributed by atoms with Crippen molar-refractivity contribution in [3.8, 4) is 10.6 Å². The lowest BCUT2D eigenvalue weighted by atomic mass is 9.74. The summed E-state index contributed by atoms with van der Waals surface area (Å²) in [4.78, 5) is 24.9. The molecule has 2 bridgehead atoms. The third-order valence-electron chi connectivity index (χ3n) is 5.82. The second-order valence-corrected chi connectivity index (χ2v) is 8.72. The maximum Gasteiger partial charge on any atom is 0.407 e. The Balaban J connectivity index is 1.43. The monoisotopic (exact) mass is 400 g/mol. The summed E-state index contributed by atoms with van der Waals surface area (Å²) in [5, 5.41) is 4.87. The van der Waals surface area contributed by atoms with Crippen LogP contribution in [0.3, 0.4) is 0 Å². The highest BCUT2D eigenvalue weighted by Crippen LogP contribution is 2.42. The molecule has 7 heteroatoms. The number of amides is 1. The van der Waals surface area contributed by atoms with Crippen LogP contribution in [0.25, 0.3) is 10.6 Å². The van der Waals surface area contributed by atoms with Crippen molar-refractivity contribution in [3.05, 3.63) is 35.1 Å². The average Bonchev–Trinajstić information content (AvgIpc) is 3.25. The van der Waals surface area contributed by atoms with Crippen molar-refractivity contribution in [1.29, 1.82) is 0 Å². The maximum absolute atomic E-state index is 11.8. The van der Waals surface area contributed by atoms with E-state index in [2.05, 4.69) is 38.8 Å². The number of hydrogen-bond acceptors (Lipinski definition) is 6. The number of nitrogens with one attached hydrogen (secondary N) is 1. The van der Waals surface area contributed by atoms with Crippen LogP contribution in [-0.4, -0.2) is 53.2 Å². The van der Waals surface area contributed by atoms with E-state index in [4.69, 9.17) is 9.72 Å². The molecular weight excluding hydrogens is 372 g/mol. The van der Waals surface area contributed by atoms with Crippen LogP contribution in [-0.2, 0) is 4.74 Å². The maximum atomic E-state index is 11.8. The molecule has 4 unspecified atom stereocenters. The number of thiophene rings is 1. The van der Waals surface area contributed by atoms with E-state index in [-0.39, 0.29) is 6.09 Å². The molecule has 6 nitrogen and oxygen atoms in total. The SMILES string of the molecule is CCCNC(=O)OCC1CC2CCN1CC2c1cc(-c2cccs2)nc(C)n1. The predicted octanol–water partition coefficient (Wildman–Crippen LogP) is 3.83. The molecule has 2 aromatic heterocycles. The number of carbonyl (C=O) groups excluding carboxylic acids is 1. The molecule has 2 aromatic rings. The van der Waals surface area contributed by atoms with Crippen LogP contribution in [0.1, 0.15) is 43.6 Å². The zero-order valence-corrected chi connectivity index (χ0v) is 17.4. The molecule has 1 N–H and O–H groups in total. The quantitative estimate of drug-likeness (QED) is 0.798. The highest BCUT2D eigenvalue weighted by atomic mass is 32.1. The smallest absolute Gasteiger partial charge is 0.407 e. The van der Waals surface area contributed by atoms with Crippen LogP contribution < -0.4 is 5.32 Å². The van der Waals surface area contributed by atoms with Gasteiger partial charge in [0.25, 0.3) is 0 Å². The van der Waals surface area contributed by atoms with Gasteiger partial charge in [-0.2, -0.15) is 0 Å². The van der Waals surface area contributed by atoms with Gasteiger partial charge in [-0.25, -0.2) is 14.8 Å². The fraction of sp³-hybridized carbons (Fsp3) is 0.571. The molecule has 4 atom stereocenters. The van der Waals surface area contributed by atoms with E-state index in [0.717, 1.165) is 43.1 Å². The molecular formula is C21H28N4O2S. The summed E-state index contributed by atoms with van der Waals surface area (Å²) in [7, 11) is 0. The standard InChI is InChI=1S/C21H28N4O2S/c1-3-7-22-21(26)27-13-16-10-15-6-8-25(16)12-17(15)18-11-19(24-14(2)23-18)20-5-4-9-28-20/h4-5,9,11,15-17H,3,6-8,10,12-13H2,1-2H3,(H,22,26). The van der Waals surface area contributed by atoms with Gasteiger partial charge in [0.1, 0.15) is 12.4 Å². The number of hydrogen-bond donors (Lipinski definition) is 1. The van der Waals surface area contributed by atoms with Crippen LogP contribution in [0.5, 0.6) is 0 Å². The van der Waals surface area contributed by atoms with E-state index in [1.807, 2.05) is 13.8 Å². The highest BCUT2D eigenvalue weighted by molar-refractivity contribution is 7.13. The Morgan fingerprint density at radius 2 is 2.32 bits per heavy atom. The molecule has 5 heterocycles. The Hall–Kier alpha value is -1.99. The summed E-state index contributed by atoms with van der Waals surface area (Å²) < 4.78 is 5.45. The number of ether oxygens (including phenoxy) is 1. The van der Waals surface area contributed by atoms with Gasteiger partial charge in [0.05, 0.1) is 10.6 Å². The Kier molecular flexibility index (Phi) is 5.92. The number of aromatic nitrogens is 2. The predicted molar refractivity (Wildman–Crippen MR) is 111 cm³/mol. The normalized spacial score (nSPS) is 26.2. The van der Waals surface area contributed by atoms with Crippen molar-refractivity contribution in [2.24, 2.45) is 5.92 Å². The van der Waals surface area contributed by atoms with E-state index in [9.17, 15) is 4.79 Å². The molecule has 1 amide bonds. The zero-order chi connectivity index (χ0) is 19.5. The van der Waals surface area contributed by atoms with E-state index in [1.165, 1.54) is 11.3 Å². The van der Waals surface area contributed by atoms with Gasteiger partial charge < -0.3 is 10.1 Å². The minimum absolute atomic E-state index is 0.298. The van der Waals surface area contributed by atoms with Crippen molar-refractivity contribution in [3.63, 3.8) is 0 Å². The first-order valence-corrected chi connectivity index (χ1v) is 11.1. The van der Waals surface area contributed by atoms with E-state index in [1.54, 1.807) is 11.3 Å². The molecule has 150 valence electrons. The van der Waals surface area contributed by atoms with Gasteiger partial charge >= 0.3 is 6.09 Å². The Bertz CT molecular complexity index is 811.